The molecule has 1 aromatic rings. The first-order chi connectivity index (χ1) is 6.79. The molecule has 0 bridgehead atoms. The molecule has 2 rings (SSSR count). The van der Waals surface area contributed by atoms with E-state index in [1.165, 1.54) is 11.3 Å². The zero-order valence-electron chi connectivity index (χ0n) is 7.95. The first-order valence-electron chi connectivity index (χ1n) is 4.88. The summed E-state index contributed by atoms with van der Waals surface area (Å²) >= 11 is 7.50. The van der Waals surface area contributed by atoms with E-state index in [9.17, 15) is 0 Å². The standard InChI is InChI=1S/C10H14ClNOS/c11-10-4-3-9(14-10)6-12-5-1-2-8(12)7-13/h3-4,8,13H,1-2,5-7H2. The average Bonchev–Trinajstić information content (AvgIpc) is 2.76. The summed E-state index contributed by atoms with van der Waals surface area (Å²) in [4.78, 5) is 3.62. The van der Waals surface area contributed by atoms with Gasteiger partial charge in [-0.05, 0) is 31.5 Å². The lowest BCUT2D eigenvalue weighted by Crippen LogP contribution is -2.31. The van der Waals surface area contributed by atoms with E-state index in [1.54, 1.807) is 11.3 Å². The van der Waals surface area contributed by atoms with Gasteiger partial charge < -0.3 is 5.11 Å². The van der Waals surface area contributed by atoms with Gasteiger partial charge in [0.1, 0.15) is 0 Å². The van der Waals surface area contributed by atoms with Crippen molar-refractivity contribution < 1.29 is 5.11 Å². The third-order valence-corrected chi connectivity index (χ3v) is 3.91. The Balaban J connectivity index is 1.96. The van der Waals surface area contributed by atoms with Crippen LogP contribution >= 0.6 is 22.9 Å². The van der Waals surface area contributed by atoms with Crippen molar-refractivity contribution in [1.29, 1.82) is 0 Å². The maximum atomic E-state index is 9.16. The predicted molar refractivity (Wildman–Crippen MR) is 59.8 cm³/mol. The second-order valence-electron chi connectivity index (χ2n) is 3.65. The van der Waals surface area contributed by atoms with Gasteiger partial charge in [0.15, 0.2) is 0 Å². The fourth-order valence-corrected chi connectivity index (χ4v) is 3.06. The fourth-order valence-electron chi connectivity index (χ4n) is 1.95. The molecule has 0 saturated carbocycles. The summed E-state index contributed by atoms with van der Waals surface area (Å²) in [6.07, 6.45) is 2.32. The Bertz CT molecular complexity index is 302. The molecule has 4 heteroatoms. The topological polar surface area (TPSA) is 23.5 Å². The maximum absolute atomic E-state index is 9.16. The zero-order valence-corrected chi connectivity index (χ0v) is 9.52. The molecular weight excluding hydrogens is 218 g/mol. The van der Waals surface area contributed by atoms with Gasteiger partial charge in [-0.25, -0.2) is 0 Å². The third-order valence-electron chi connectivity index (χ3n) is 2.70. The van der Waals surface area contributed by atoms with Gasteiger partial charge >= 0.3 is 0 Å². The van der Waals surface area contributed by atoms with Gasteiger partial charge in [-0.3, -0.25) is 4.90 Å². The first-order valence-corrected chi connectivity index (χ1v) is 6.08. The maximum Gasteiger partial charge on any atom is 0.0931 e. The second kappa shape index (κ2) is 4.62. The molecule has 0 amide bonds. The quantitative estimate of drug-likeness (QED) is 0.864. The van der Waals surface area contributed by atoms with Gasteiger partial charge in [0.25, 0.3) is 0 Å². The van der Waals surface area contributed by atoms with E-state index in [0.717, 1.165) is 23.8 Å². The van der Waals surface area contributed by atoms with Crippen LogP contribution in [0, 0.1) is 0 Å². The van der Waals surface area contributed by atoms with Crippen LogP contribution in [0.1, 0.15) is 17.7 Å². The molecule has 1 aliphatic heterocycles. The van der Waals surface area contributed by atoms with Crippen LogP contribution in [0.15, 0.2) is 12.1 Å². The summed E-state index contributed by atoms with van der Waals surface area (Å²) < 4.78 is 0.847. The van der Waals surface area contributed by atoms with Crippen molar-refractivity contribution in [3.8, 4) is 0 Å². The zero-order chi connectivity index (χ0) is 9.97. The van der Waals surface area contributed by atoms with E-state index in [2.05, 4.69) is 11.0 Å². The second-order valence-corrected chi connectivity index (χ2v) is 5.45. The van der Waals surface area contributed by atoms with Crippen molar-refractivity contribution in [2.24, 2.45) is 0 Å². The summed E-state index contributed by atoms with van der Waals surface area (Å²) in [6.45, 7) is 2.31. The molecular formula is C10H14ClNOS. The molecule has 1 saturated heterocycles. The molecule has 78 valence electrons. The van der Waals surface area contributed by atoms with Crippen molar-refractivity contribution in [1.82, 2.24) is 4.90 Å². The molecule has 1 N–H and O–H groups in total. The highest BCUT2D eigenvalue weighted by atomic mass is 35.5. The van der Waals surface area contributed by atoms with Crippen molar-refractivity contribution in [2.75, 3.05) is 13.2 Å². The third kappa shape index (κ3) is 2.28. The van der Waals surface area contributed by atoms with Crippen LogP contribution in [0.2, 0.25) is 4.34 Å². The smallest absolute Gasteiger partial charge is 0.0931 e. The largest absolute Gasteiger partial charge is 0.395 e. The van der Waals surface area contributed by atoms with Gasteiger partial charge in [-0.1, -0.05) is 11.6 Å². The van der Waals surface area contributed by atoms with Crippen molar-refractivity contribution >= 4 is 22.9 Å². The molecule has 0 aliphatic carbocycles. The van der Waals surface area contributed by atoms with Gasteiger partial charge in [0.2, 0.25) is 0 Å². The van der Waals surface area contributed by atoms with E-state index in [4.69, 9.17) is 16.7 Å². The van der Waals surface area contributed by atoms with E-state index in [1.807, 2.05) is 6.07 Å². The Hall–Kier alpha value is -0.0900. The van der Waals surface area contributed by atoms with Crippen LogP contribution in [0.25, 0.3) is 0 Å². The Morgan fingerprint density at radius 2 is 2.43 bits per heavy atom. The monoisotopic (exact) mass is 231 g/mol. The highest BCUT2D eigenvalue weighted by Crippen LogP contribution is 2.26. The van der Waals surface area contributed by atoms with Crippen LogP contribution in [0.4, 0.5) is 0 Å². The predicted octanol–water partition coefficient (Wildman–Crippen LogP) is 2.36. The van der Waals surface area contributed by atoms with E-state index in [-0.39, 0.29) is 6.61 Å². The van der Waals surface area contributed by atoms with Gasteiger partial charge in [-0.2, -0.15) is 0 Å². The van der Waals surface area contributed by atoms with E-state index in [0.29, 0.717) is 6.04 Å². The first kappa shape index (κ1) is 10.4. The number of halogens is 1. The van der Waals surface area contributed by atoms with Crippen LogP contribution in [0.5, 0.6) is 0 Å². The van der Waals surface area contributed by atoms with Crippen LogP contribution in [0.3, 0.4) is 0 Å². The lowest BCUT2D eigenvalue weighted by atomic mass is 10.2. The number of nitrogens with zero attached hydrogens (tertiary/aromatic N) is 1. The Morgan fingerprint density at radius 3 is 3.07 bits per heavy atom. The Kier molecular flexibility index (Phi) is 3.44. The summed E-state index contributed by atoms with van der Waals surface area (Å²) in [5, 5.41) is 9.16. The number of aliphatic hydroxyl groups excluding tert-OH is 1. The Labute approximate surface area is 93.1 Å². The van der Waals surface area contributed by atoms with Crippen LogP contribution in [-0.2, 0) is 6.54 Å². The number of likely N-dealkylation sites (tertiary alicyclic amines) is 1. The minimum atomic E-state index is 0.277. The molecule has 2 heterocycles. The van der Waals surface area contributed by atoms with Gasteiger partial charge in [-0.15, -0.1) is 11.3 Å². The number of rotatable bonds is 3. The summed E-state index contributed by atoms with van der Waals surface area (Å²) in [5.41, 5.74) is 0. The fraction of sp³-hybridized carbons (Fsp3) is 0.600. The molecule has 1 atom stereocenters. The number of thiophene rings is 1. The number of aliphatic hydroxyl groups is 1. The van der Waals surface area contributed by atoms with E-state index < -0.39 is 0 Å². The summed E-state index contributed by atoms with van der Waals surface area (Å²) in [7, 11) is 0. The average molecular weight is 232 g/mol. The van der Waals surface area contributed by atoms with Crippen molar-refractivity contribution in [3.63, 3.8) is 0 Å². The van der Waals surface area contributed by atoms with Crippen LogP contribution in [-0.4, -0.2) is 29.2 Å². The molecule has 1 aromatic heterocycles. The molecule has 14 heavy (non-hydrogen) atoms. The highest BCUT2D eigenvalue weighted by Gasteiger charge is 2.23. The molecule has 1 fully saturated rings. The molecule has 1 aliphatic rings. The minimum Gasteiger partial charge on any atom is -0.395 e. The minimum absolute atomic E-state index is 0.277. The lowest BCUT2D eigenvalue weighted by molar-refractivity contribution is 0.154. The molecule has 0 aromatic carbocycles. The van der Waals surface area contributed by atoms with Crippen LogP contribution < -0.4 is 0 Å². The Morgan fingerprint density at radius 1 is 1.57 bits per heavy atom. The molecule has 0 spiro atoms. The number of hydrogen-bond acceptors (Lipinski definition) is 3. The lowest BCUT2D eigenvalue weighted by Gasteiger charge is -2.21. The van der Waals surface area contributed by atoms with Crippen molar-refractivity contribution in [3.05, 3.63) is 21.3 Å². The number of hydrogen-bond donors (Lipinski definition) is 1. The summed E-state index contributed by atoms with van der Waals surface area (Å²) in [6, 6.07) is 4.36. The summed E-state index contributed by atoms with van der Waals surface area (Å²) in [5.74, 6) is 0. The SMILES string of the molecule is OCC1CCCN1Cc1ccc(Cl)s1. The molecule has 0 radical (unpaired) electrons. The van der Waals surface area contributed by atoms with E-state index >= 15 is 0 Å². The van der Waals surface area contributed by atoms with Gasteiger partial charge in [0, 0.05) is 17.5 Å². The molecule has 2 nitrogen and oxygen atoms in total. The van der Waals surface area contributed by atoms with Crippen molar-refractivity contribution in [2.45, 2.75) is 25.4 Å². The normalized spacial score (nSPS) is 23.1. The van der Waals surface area contributed by atoms with Gasteiger partial charge in [0.05, 0.1) is 10.9 Å². The molecule has 1 unspecified atom stereocenters. The highest BCUT2D eigenvalue weighted by molar-refractivity contribution is 7.16.